The molecule has 0 spiro atoms. The number of fused-ring (bicyclic) bond motifs is 3. The Kier molecular flexibility index (Phi) is 5.88. The topological polar surface area (TPSA) is 217 Å². The van der Waals surface area contributed by atoms with E-state index in [9.17, 15) is 44.7 Å². The van der Waals surface area contributed by atoms with E-state index in [0.29, 0.717) is 5.56 Å². The fourth-order valence-electron chi connectivity index (χ4n) is 5.51. The van der Waals surface area contributed by atoms with Crippen molar-refractivity contribution in [1.29, 1.82) is 0 Å². The highest BCUT2D eigenvalue weighted by molar-refractivity contribution is 6.23. The Bertz CT molecular complexity index is 1320. The Morgan fingerprint density at radius 2 is 1.78 bits per heavy atom. The number of nitrogens with one attached hydrogen (secondary N) is 1. The number of ketones is 2. The molecule has 12 heteroatoms. The number of hydrogen-bond acceptors (Lipinski definition) is 10. The average molecular weight is 517 g/mol. The average Bonchev–Trinajstić information content (AvgIpc) is 2.76. The lowest BCUT2D eigenvalue weighted by atomic mass is 9.55. The maximum Gasteiger partial charge on any atom is 0.412 e. The predicted molar refractivity (Wildman–Crippen MR) is 127 cm³/mol. The number of amides is 2. The van der Waals surface area contributed by atoms with Crippen LogP contribution in [0.4, 0.5) is 10.5 Å². The molecular formula is C25H28N2O10. The van der Waals surface area contributed by atoms with Crippen molar-refractivity contribution in [2.75, 3.05) is 5.32 Å². The van der Waals surface area contributed by atoms with E-state index < -0.39 is 93.5 Å². The normalized spacial score (nSPS) is 29.4. The van der Waals surface area contributed by atoms with E-state index in [1.54, 1.807) is 27.7 Å². The lowest BCUT2D eigenvalue weighted by molar-refractivity contribution is -0.160. The minimum atomic E-state index is -2.92. The standard InChI is InChI=1S/C25H28N2O10/c1-8-9-5-6-11(27-23(35)37-24(2,3)4)18(30)14(9)19(31)16-13(8)17(29)10-7-12(28)15(22(26)34)20(32)25(10,36)21(16)33/h5-6,8,10,13,17,29-32,36H,7H2,1-4H3,(H2,26,34)(H,27,35)/t8-,10+,13+,17+,25+/m0/s1. The van der Waals surface area contributed by atoms with Crippen LogP contribution >= 0.6 is 0 Å². The first-order valence-corrected chi connectivity index (χ1v) is 11.5. The highest BCUT2D eigenvalue weighted by Gasteiger charge is 2.64. The number of anilines is 1. The third-order valence-electron chi connectivity index (χ3n) is 7.14. The summed E-state index contributed by atoms with van der Waals surface area (Å²) in [7, 11) is 0. The number of hydrogen-bond donors (Lipinski definition) is 7. The van der Waals surface area contributed by atoms with Gasteiger partial charge in [0.1, 0.15) is 28.4 Å². The molecule has 0 heterocycles. The van der Waals surface area contributed by atoms with Gasteiger partial charge in [-0.2, -0.15) is 0 Å². The van der Waals surface area contributed by atoms with Crippen LogP contribution in [0.25, 0.3) is 5.76 Å². The minimum absolute atomic E-state index is 0.145. The number of rotatable bonds is 2. The third-order valence-corrected chi connectivity index (χ3v) is 7.14. The van der Waals surface area contributed by atoms with Crippen molar-refractivity contribution in [1.82, 2.24) is 0 Å². The van der Waals surface area contributed by atoms with Crippen molar-refractivity contribution < 1.29 is 49.4 Å². The summed E-state index contributed by atoms with van der Waals surface area (Å²) in [4.78, 5) is 50.1. The number of Topliss-reactive ketones (excluding diaryl/α,β-unsaturated/α-hetero) is 2. The number of primary amides is 1. The fraction of sp³-hybridized carbons (Fsp3) is 0.440. The highest BCUT2D eigenvalue weighted by Crippen LogP contribution is 2.56. The van der Waals surface area contributed by atoms with Crippen molar-refractivity contribution in [2.24, 2.45) is 17.6 Å². The molecular weight excluding hydrogens is 488 g/mol. The number of aromatic hydroxyl groups is 1. The Hall–Kier alpha value is -3.90. The maximum atomic E-state index is 13.6. The van der Waals surface area contributed by atoms with Gasteiger partial charge in [0.05, 0.1) is 17.4 Å². The molecule has 3 aliphatic rings. The largest absolute Gasteiger partial charge is 0.508 e. The second-order valence-corrected chi connectivity index (χ2v) is 10.5. The molecule has 0 saturated heterocycles. The second kappa shape index (κ2) is 8.32. The van der Waals surface area contributed by atoms with Gasteiger partial charge in [0.15, 0.2) is 11.4 Å². The molecule has 3 aliphatic carbocycles. The van der Waals surface area contributed by atoms with Gasteiger partial charge in [0.2, 0.25) is 5.78 Å². The Labute approximate surface area is 211 Å². The van der Waals surface area contributed by atoms with E-state index in [-0.39, 0.29) is 11.3 Å². The first kappa shape index (κ1) is 26.2. The summed E-state index contributed by atoms with van der Waals surface area (Å²) < 4.78 is 5.17. The van der Waals surface area contributed by atoms with Crippen molar-refractivity contribution in [3.63, 3.8) is 0 Å². The van der Waals surface area contributed by atoms with Gasteiger partial charge in [0.25, 0.3) is 5.91 Å². The second-order valence-electron chi connectivity index (χ2n) is 10.5. The molecule has 1 aromatic rings. The first-order chi connectivity index (χ1) is 17.0. The zero-order valence-electron chi connectivity index (χ0n) is 20.5. The maximum absolute atomic E-state index is 13.6. The summed E-state index contributed by atoms with van der Waals surface area (Å²) in [5.41, 5.74) is -0.133. The zero-order valence-corrected chi connectivity index (χ0v) is 20.5. The molecule has 4 rings (SSSR count). The van der Waals surface area contributed by atoms with Crippen LogP contribution in [0, 0.1) is 11.8 Å². The molecule has 198 valence electrons. The third kappa shape index (κ3) is 3.75. The number of carbonyl (C=O) groups excluding carboxylic acids is 4. The van der Waals surface area contributed by atoms with Crippen LogP contribution in [0.1, 0.15) is 51.2 Å². The number of aliphatic hydroxyl groups is 4. The van der Waals surface area contributed by atoms with Gasteiger partial charge < -0.3 is 36.0 Å². The van der Waals surface area contributed by atoms with E-state index in [2.05, 4.69) is 5.32 Å². The van der Waals surface area contributed by atoms with Gasteiger partial charge in [-0.05, 0) is 38.3 Å². The summed E-state index contributed by atoms with van der Waals surface area (Å²) in [6.45, 7) is 6.53. The number of carbonyl (C=O) groups is 4. The van der Waals surface area contributed by atoms with Crippen LogP contribution in [0.2, 0.25) is 0 Å². The Balaban J connectivity index is 1.88. The highest BCUT2D eigenvalue weighted by atomic mass is 16.6. The predicted octanol–water partition coefficient (Wildman–Crippen LogP) is 1.30. The molecule has 0 radical (unpaired) electrons. The number of phenols is 1. The summed E-state index contributed by atoms with van der Waals surface area (Å²) in [5.74, 6) is -9.66. The van der Waals surface area contributed by atoms with Crippen LogP contribution in [0.3, 0.4) is 0 Å². The fourth-order valence-corrected chi connectivity index (χ4v) is 5.51. The summed E-state index contributed by atoms with van der Waals surface area (Å²) in [6.07, 6.45) is -3.16. The minimum Gasteiger partial charge on any atom is -0.508 e. The Morgan fingerprint density at radius 3 is 2.35 bits per heavy atom. The molecule has 1 saturated carbocycles. The van der Waals surface area contributed by atoms with Crippen molar-refractivity contribution in [2.45, 2.75) is 57.3 Å². The molecule has 0 unspecified atom stereocenters. The number of benzene rings is 1. The van der Waals surface area contributed by atoms with Crippen molar-refractivity contribution in [3.05, 3.63) is 40.2 Å². The van der Waals surface area contributed by atoms with E-state index in [1.807, 2.05) is 0 Å². The van der Waals surface area contributed by atoms with Crippen LogP contribution < -0.4 is 11.1 Å². The van der Waals surface area contributed by atoms with Gasteiger partial charge in [0, 0.05) is 23.8 Å². The quantitative estimate of drug-likeness (QED) is 0.221. The molecule has 1 fully saturated rings. The SMILES string of the molecule is C[C@H]1c2ccc(NC(=O)OC(C)(C)C)c(O)c2C(O)=C2C(=O)[C@]3(O)C(O)=C(C(N)=O)C(=O)C[C@@H]3[C@@H](O)[C@@H]21. The summed E-state index contributed by atoms with van der Waals surface area (Å²) in [6, 6.07) is 2.84. The molecule has 0 bridgehead atoms. The smallest absolute Gasteiger partial charge is 0.412 e. The number of phenolic OH excluding ortho intramolecular Hbond substituents is 1. The number of nitrogens with two attached hydrogens (primary N) is 1. The lowest BCUT2D eigenvalue weighted by Crippen LogP contribution is -2.63. The summed E-state index contributed by atoms with van der Waals surface area (Å²) in [5, 5.41) is 57.7. The van der Waals surface area contributed by atoms with E-state index in [1.165, 1.54) is 12.1 Å². The van der Waals surface area contributed by atoms with Crippen LogP contribution in [-0.4, -0.2) is 66.4 Å². The molecule has 0 aliphatic heterocycles. The molecule has 8 N–H and O–H groups in total. The first-order valence-electron chi connectivity index (χ1n) is 11.5. The van der Waals surface area contributed by atoms with Crippen molar-refractivity contribution >= 4 is 35.0 Å². The van der Waals surface area contributed by atoms with Gasteiger partial charge in [-0.3, -0.25) is 19.7 Å². The molecule has 5 atom stereocenters. The van der Waals surface area contributed by atoms with Crippen molar-refractivity contribution in [3.8, 4) is 5.75 Å². The number of ether oxygens (including phenoxy) is 1. The monoisotopic (exact) mass is 516 g/mol. The van der Waals surface area contributed by atoms with Crippen LogP contribution in [-0.2, 0) is 19.1 Å². The molecule has 1 aromatic carbocycles. The molecule has 37 heavy (non-hydrogen) atoms. The molecule has 12 nitrogen and oxygen atoms in total. The Morgan fingerprint density at radius 1 is 1.16 bits per heavy atom. The number of aliphatic hydroxyl groups excluding tert-OH is 3. The zero-order chi connectivity index (χ0) is 27.8. The lowest BCUT2D eigenvalue weighted by Gasteiger charge is -2.50. The van der Waals surface area contributed by atoms with Crippen LogP contribution in [0.5, 0.6) is 5.75 Å². The van der Waals surface area contributed by atoms with Gasteiger partial charge in [-0.25, -0.2) is 4.79 Å². The van der Waals surface area contributed by atoms with E-state index in [4.69, 9.17) is 10.5 Å². The summed E-state index contributed by atoms with van der Waals surface area (Å²) >= 11 is 0. The van der Waals surface area contributed by atoms with E-state index in [0.717, 1.165) is 0 Å². The van der Waals surface area contributed by atoms with Gasteiger partial charge >= 0.3 is 6.09 Å². The van der Waals surface area contributed by atoms with Gasteiger partial charge in [-0.1, -0.05) is 13.0 Å². The van der Waals surface area contributed by atoms with Crippen LogP contribution in [0.15, 0.2) is 29.0 Å². The molecule has 2 amide bonds. The van der Waals surface area contributed by atoms with Gasteiger partial charge in [-0.15, -0.1) is 0 Å². The molecule has 0 aromatic heterocycles. The van der Waals surface area contributed by atoms with E-state index >= 15 is 0 Å².